The molecule has 0 unspecified atom stereocenters. The largest absolute Gasteiger partial charge is 0.744 e. The van der Waals surface area contributed by atoms with Gasteiger partial charge in [-0.2, -0.15) is 0 Å². The van der Waals surface area contributed by atoms with E-state index in [2.05, 4.69) is 26.1 Å². The van der Waals surface area contributed by atoms with E-state index in [9.17, 15) is 48.5 Å². The molecule has 0 bridgehead atoms. The van der Waals surface area contributed by atoms with Crippen LogP contribution >= 0.6 is 0 Å². The standard InChI is InChI=1S/C25H23NO13S3.C6H15N/c27-22(26-13-3-1-12(2-4-13)25(28)29)11-39-18-9-19(40(30,31)32)15-7-8-17-21(42(36,37)38)10-20(41(33,34)35)16-6-5-14(18)23(15)24(16)17;1-4-7(5-2)6-3/h5-10,12-13H,1-4,11H2,(H,26,27)(H,28,29)(H,30,31,32)(H,33,34,35)(H,36,37,38);4-6H2,1-3H3/p-2. The highest BCUT2D eigenvalue weighted by molar-refractivity contribution is 7.87. The molecule has 0 aromatic heterocycles. The molecule has 0 saturated heterocycles. The molecular formula is C31H36N2O13S3-2. The van der Waals surface area contributed by atoms with Gasteiger partial charge in [-0.25, -0.2) is 25.3 Å². The molecule has 1 fully saturated rings. The molecule has 1 aliphatic carbocycles. The molecule has 0 aliphatic heterocycles. The maximum Gasteiger partial charge on any atom is 0.306 e. The summed E-state index contributed by atoms with van der Waals surface area (Å²) in [6.07, 6.45) is 1.55. The van der Waals surface area contributed by atoms with Crippen LogP contribution in [-0.2, 0) is 39.9 Å². The van der Waals surface area contributed by atoms with Crippen molar-refractivity contribution in [1.29, 1.82) is 0 Å². The van der Waals surface area contributed by atoms with Gasteiger partial charge in [-0.15, -0.1) is 0 Å². The fourth-order valence-corrected chi connectivity index (χ4v) is 8.42. The molecule has 0 spiro atoms. The van der Waals surface area contributed by atoms with Gasteiger partial charge < -0.3 is 33.7 Å². The summed E-state index contributed by atoms with van der Waals surface area (Å²) in [6, 6.07) is 5.45. The van der Waals surface area contributed by atoms with Crippen LogP contribution in [0.15, 0.2) is 51.1 Å². The average Bonchev–Trinajstić information content (AvgIpc) is 3.02. The lowest BCUT2D eigenvalue weighted by Gasteiger charge is -2.27. The van der Waals surface area contributed by atoms with Crippen molar-refractivity contribution < 1.29 is 63.2 Å². The van der Waals surface area contributed by atoms with Crippen LogP contribution in [0.2, 0.25) is 0 Å². The van der Waals surface area contributed by atoms with Crippen LogP contribution < -0.4 is 15.0 Å². The van der Waals surface area contributed by atoms with Gasteiger partial charge in [-0.1, -0.05) is 18.2 Å². The highest BCUT2D eigenvalue weighted by atomic mass is 32.2. The Hall–Kier alpha value is -3.65. The molecule has 18 heteroatoms. The van der Waals surface area contributed by atoms with E-state index in [1.165, 1.54) is 25.7 Å². The molecule has 49 heavy (non-hydrogen) atoms. The van der Waals surface area contributed by atoms with Gasteiger partial charge in [-0.05, 0) is 64.7 Å². The average molecular weight is 741 g/mol. The third-order valence-corrected chi connectivity index (χ3v) is 11.5. The van der Waals surface area contributed by atoms with Crippen molar-refractivity contribution >= 4 is 74.5 Å². The maximum absolute atomic E-state index is 12.6. The fourth-order valence-electron chi connectivity index (χ4n) is 6.25. The summed E-state index contributed by atoms with van der Waals surface area (Å²) in [5.74, 6) is -2.36. The molecule has 4 aromatic rings. The summed E-state index contributed by atoms with van der Waals surface area (Å²) in [7, 11) is -15.9. The lowest BCUT2D eigenvalue weighted by Crippen LogP contribution is -3.11. The van der Waals surface area contributed by atoms with Crippen LogP contribution in [0.4, 0.5) is 0 Å². The quantitative estimate of drug-likeness (QED) is 0.145. The van der Waals surface area contributed by atoms with E-state index >= 15 is 0 Å². The lowest BCUT2D eigenvalue weighted by atomic mass is 9.86. The second kappa shape index (κ2) is 14.7. The normalized spacial score (nSPS) is 17.3. The molecule has 1 saturated carbocycles. The van der Waals surface area contributed by atoms with Crippen LogP contribution in [0.25, 0.3) is 32.3 Å². The Kier molecular flexibility index (Phi) is 11.4. The van der Waals surface area contributed by atoms with Crippen molar-refractivity contribution in [2.24, 2.45) is 5.92 Å². The molecule has 268 valence electrons. The molecule has 15 nitrogen and oxygen atoms in total. The Morgan fingerprint density at radius 2 is 1.14 bits per heavy atom. The van der Waals surface area contributed by atoms with Crippen LogP contribution in [-0.4, -0.2) is 88.2 Å². The molecule has 0 atom stereocenters. The number of carboxylic acids is 1. The smallest absolute Gasteiger partial charge is 0.306 e. The number of benzene rings is 4. The van der Waals surface area contributed by atoms with Crippen molar-refractivity contribution in [2.45, 2.75) is 67.2 Å². The number of amides is 1. The first-order valence-corrected chi connectivity index (χ1v) is 19.7. The summed E-state index contributed by atoms with van der Waals surface area (Å²) in [5.41, 5.74) is 0. The van der Waals surface area contributed by atoms with Crippen molar-refractivity contribution in [2.75, 3.05) is 26.2 Å². The Morgan fingerprint density at radius 3 is 1.53 bits per heavy atom. The maximum atomic E-state index is 12.6. The first-order valence-electron chi connectivity index (χ1n) is 15.5. The third kappa shape index (κ3) is 8.39. The van der Waals surface area contributed by atoms with E-state index in [-0.39, 0.29) is 44.1 Å². The van der Waals surface area contributed by atoms with Crippen molar-refractivity contribution in [3.05, 3.63) is 36.4 Å². The predicted octanol–water partition coefficient (Wildman–Crippen LogP) is 1.37. The first kappa shape index (κ1) is 38.2. The van der Waals surface area contributed by atoms with Gasteiger partial charge in [0.2, 0.25) is 0 Å². The van der Waals surface area contributed by atoms with E-state index in [1.54, 1.807) is 4.90 Å². The second-order valence-electron chi connectivity index (χ2n) is 11.7. The van der Waals surface area contributed by atoms with Crippen molar-refractivity contribution in [3.8, 4) is 5.75 Å². The highest BCUT2D eigenvalue weighted by Crippen LogP contribution is 2.45. The minimum absolute atomic E-state index is 0.0277. The Labute approximate surface area is 283 Å². The minimum atomic E-state index is -5.35. The highest BCUT2D eigenvalue weighted by Gasteiger charge is 2.27. The number of carbonyl (C=O) groups is 2. The van der Waals surface area contributed by atoms with Crippen LogP contribution in [0, 0.1) is 5.92 Å². The molecular weight excluding hydrogens is 705 g/mol. The third-order valence-electron chi connectivity index (χ3n) is 8.86. The summed E-state index contributed by atoms with van der Waals surface area (Å²) in [4.78, 5) is 22.5. The molecule has 1 amide bonds. The van der Waals surface area contributed by atoms with Gasteiger partial charge in [0.1, 0.15) is 36.1 Å². The van der Waals surface area contributed by atoms with Crippen LogP contribution in [0.5, 0.6) is 5.75 Å². The zero-order valence-corrected chi connectivity index (χ0v) is 29.3. The number of aliphatic carboxylic acids is 1. The van der Waals surface area contributed by atoms with Gasteiger partial charge in [0.15, 0.2) is 6.61 Å². The monoisotopic (exact) mass is 740 g/mol. The van der Waals surface area contributed by atoms with Gasteiger partial charge in [0.05, 0.1) is 40.2 Å². The Bertz CT molecular complexity index is 2150. The number of rotatable bonds is 11. The van der Waals surface area contributed by atoms with Gasteiger partial charge in [-0.3, -0.25) is 9.59 Å². The first-order chi connectivity index (χ1) is 22.8. The topological polar surface area (TPSA) is 252 Å². The van der Waals surface area contributed by atoms with Crippen molar-refractivity contribution in [1.82, 2.24) is 5.32 Å². The summed E-state index contributed by atoms with van der Waals surface area (Å²) in [5, 5.41) is 10.5. The molecule has 0 heterocycles. The number of nitrogens with one attached hydrogen (secondary N) is 2. The Balaban J connectivity index is 0.000000698. The summed E-state index contributed by atoms with van der Waals surface area (Å²) in [6.45, 7) is 9.82. The number of quaternary nitrogens is 1. The zero-order valence-electron chi connectivity index (χ0n) is 26.8. The number of hydrogen-bond acceptors (Lipinski definition) is 12. The number of ether oxygens (including phenoxy) is 1. The van der Waals surface area contributed by atoms with Gasteiger partial charge in [0.25, 0.3) is 5.91 Å². The minimum Gasteiger partial charge on any atom is -0.744 e. The van der Waals surface area contributed by atoms with Gasteiger partial charge in [0, 0.05) is 38.4 Å². The molecule has 1 aliphatic rings. The number of hydrogen-bond donors (Lipinski definition) is 3. The molecule has 4 aromatic carbocycles. The van der Waals surface area contributed by atoms with Crippen LogP contribution in [0.1, 0.15) is 46.5 Å². The molecule has 3 N–H and O–H groups in total. The van der Waals surface area contributed by atoms with Crippen molar-refractivity contribution in [3.63, 3.8) is 0 Å². The van der Waals surface area contributed by atoms with E-state index in [4.69, 9.17) is 9.84 Å². The SMILES string of the molecule is CC[NH+](CC)CC.O=C(COc1cc(S(=O)(=O)[O-])c2ccc3c(S(=O)(=O)[O-])cc(S(=O)(=O)[O-])c4ccc1c2c43)NC1CCC(C(=O)O)CC1. The lowest BCUT2D eigenvalue weighted by molar-refractivity contribution is -0.894. The molecule has 5 rings (SSSR count). The molecule has 0 radical (unpaired) electrons. The number of carboxylic acid groups (broad SMARTS) is 1. The second-order valence-corrected chi connectivity index (χ2v) is 15.8. The van der Waals surface area contributed by atoms with Crippen LogP contribution in [0.3, 0.4) is 0 Å². The van der Waals surface area contributed by atoms with E-state index < -0.39 is 69.4 Å². The predicted molar refractivity (Wildman–Crippen MR) is 174 cm³/mol. The number of carbonyl (C=O) groups excluding carboxylic acids is 1. The van der Waals surface area contributed by atoms with Gasteiger partial charge >= 0.3 is 5.97 Å². The summed E-state index contributed by atoms with van der Waals surface area (Å²) >= 11 is 0. The van der Waals surface area contributed by atoms with E-state index in [1.807, 2.05) is 0 Å². The fraction of sp³-hybridized carbons (Fsp3) is 0.419. The summed E-state index contributed by atoms with van der Waals surface area (Å²) < 4.78 is 115. The van der Waals surface area contributed by atoms with E-state index in [0.717, 1.165) is 24.3 Å². The zero-order chi connectivity index (χ0) is 36.5. The Morgan fingerprint density at radius 1 is 0.735 bits per heavy atom. The van der Waals surface area contributed by atoms with E-state index in [0.29, 0.717) is 31.7 Å².